The topological polar surface area (TPSA) is 45.7 Å². The molecular weight excluding hydrogens is 269 g/mol. The fourth-order valence-electron chi connectivity index (χ4n) is 2.38. The summed E-state index contributed by atoms with van der Waals surface area (Å²) >= 11 is 0. The molecule has 0 spiro atoms. The fraction of sp³-hybridized carbons (Fsp3) is 0.562. The van der Waals surface area contributed by atoms with Gasteiger partial charge >= 0.3 is 0 Å². The summed E-state index contributed by atoms with van der Waals surface area (Å²) in [5.41, 5.74) is 1.57. The molecule has 116 valence electrons. The minimum absolute atomic E-state index is 0.171. The quantitative estimate of drug-likeness (QED) is 0.647. The molecule has 0 amide bonds. The minimum atomic E-state index is -0.171. The minimum Gasteiger partial charge on any atom is -0.378 e. The number of aliphatic imine (C=N–C) groups is 1. The van der Waals surface area contributed by atoms with Crippen molar-refractivity contribution in [3.8, 4) is 0 Å². The molecule has 0 saturated carbocycles. The highest BCUT2D eigenvalue weighted by Crippen LogP contribution is 2.14. The number of nitrogens with one attached hydrogen (secondary N) is 2. The first-order chi connectivity index (χ1) is 10.2. The van der Waals surface area contributed by atoms with Gasteiger partial charge in [-0.15, -0.1) is 0 Å². The van der Waals surface area contributed by atoms with E-state index in [-0.39, 0.29) is 5.82 Å². The van der Waals surface area contributed by atoms with Gasteiger partial charge in [0, 0.05) is 26.7 Å². The Morgan fingerprint density at radius 1 is 1.43 bits per heavy atom. The summed E-state index contributed by atoms with van der Waals surface area (Å²) in [6.45, 7) is 4.03. The van der Waals surface area contributed by atoms with Crippen LogP contribution >= 0.6 is 0 Å². The van der Waals surface area contributed by atoms with Crippen LogP contribution in [-0.2, 0) is 11.3 Å². The van der Waals surface area contributed by atoms with Crippen molar-refractivity contribution in [2.24, 2.45) is 4.99 Å². The maximum Gasteiger partial charge on any atom is 0.191 e. The van der Waals surface area contributed by atoms with E-state index in [9.17, 15) is 4.39 Å². The third-order valence-electron chi connectivity index (χ3n) is 3.70. The van der Waals surface area contributed by atoms with Crippen LogP contribution in [0.1, 0.15) is 30.4 Å². The molecule has 5 heteroatoms. The number of hydrogen-bond donors (Lipinski definition) is 2. The molecule has 2 rings (SSSR count). The van der Waals surface area contributed by atoms with Gasteiger partial charge in [0.1, 0.15) is 5.82 Å². The van der Waals surface area contributed by atoms with Crippen molar-refractivity contribution in [2.75, 3.05) is 20.2 Å². The second kappa shape index (κ2) is 7.98. The highest BCUT2D eigenvalue weighted by molar-refractivity contribution is 5.79. The van der Waals surface area contributed by atoms with Gasteiger partial charge in [-0.3, -0.25) is 4.99 Å². The molecule has 1 unspecified atom stereocenters. The summed E-state index contributed by atoms with van der Waals surface area (Å²) in [4.78, 5) is 4.17. The van der Waals surface area contributed by atoms with Crippen LogP contribution in [-0.4, -0.2) is 32.3 Å². The van der Waals surface area contributed by atoms with Gasteiger partial charge in [0.05, 0.1) is 6.10 Å². The normalized spacial score (nSPS) is 18.8. The van der Waals surface area contributed by atoms with E-state index in [1.807, 2.05) is 6.07 Å². The van der Waals surface area contributed by atoms with E-state index in [0.717, 1.165) is 43.9 Å². The van der Waals surface area contributed by atoms with Crippen molar-refractivity contribution >= 4 is 5.96 Å². The smallest absolute Gasteiger partial charge is 0.191 e. The number of ether oxygens (including phenoxy) is 1. The van der Waals surface area contributed by atoms with E-state index in [1.54, 1.807) is 26.1 Å². The molecule has 21 heavy (non-hydrogen) atoms. The molecule has 1 aliphatic rings. The summed E-state index contributed by atoms with van der Waals surface area (Å²) in [6.07, 6.45) is 3.68. The Bertz CT molecular complexity index is 484. The molecule has 0 radical (unpaired) electrons. The molecule has 1 heterocycles. The van der Waals surface area contributed by atoms with Crippen LogP contribution < -0.4 is 10.6 Å². The Hall–Kier alpha value is -1.62. The second-order valence-corrected chi connectivity index (χ2v) is 5.36. The van der Waals surface area contributed by atoms with E-state index in [1.165, 1.54) is 0 Å². The Balaban J connectivity index is 1.72. The van der Waals surface area contributed by atoms with Gasteiger partial charge in [-0.1, -0.05) is 12.1 Å². The number of hydrogen-bond acceptors (Lipinski definition) is 2. The van der Waals surface area contributed by atoms with Crippen LogP contribution in [0.4, 0.5) is 4.39 Å². The lowest BCUT2D eigenvalue weighted by Crippen LogP contribution is -2.38. The molecule has 0 bridgehead atoms. The van der Waals surface area contributed by atoms with Crippen LogP contribution in [0.3, 0.4) is 0 Å². The first kappa shape index (κ1) is 15.8. The second-order valence-electron chi connectivity index (χ2n) is 5.36. The number of nitrogens with zero attached hydrogens (tertiary/aromatic N) is 1. The Morgan fingerprint density at radius 2 is 2.29 bits per heavy atom. The summed E-state index contributed by atoms with van der Waals surface area (Å²) in [5.74, 6) is 0.560. The van der Waals surface area contributed by atoms with Gasteiger partial charge in [0.15, 0.2) is 5.96 Å². The predicted molar refractivity (Wildman–Crippen MR) is 82.9 cm³/mol. The Morgan fingerprint density at radius 3 is 2.95 bits per heavy atom. The van der Waals surface area contributed by atoms with Crippen LogP contribution in [0.15, 0.2) is 23.2 Å². The number of rotatable bonds is 5. The van der Waals surface area contributed by atoms with E-state index in [0.29, 0.717) is 18.2 Å². The lowest BCUT2D eigenvalue weighted by molar-refractivity contribution is 0.105. The van der Waals surface area contributed by atoms with Crippen molar-refractivity contribution in [3.05, 3.63) is 35.1 Å². The average molecular weight is 293 g/mol. The van der Waals surface area contributed by atoms with Crippen molar-refractivity contribution in [2.45, 2.75) is 38.8 Å². The highest BCUT2D eigenvalue weighted by atomic mass is 19.1. The zero-order chi connectivity index (χ0) is 15.1. The van der Waals surface area contributed by atoms with E-state index in [2.05, 4.69) is 15.6 Å². The van der Waals surface area contributed by atoms with Gasteiger partial charge in [0.25, 0.3) is 0 Å². The molecular formula is C16H24FN3O. The highest BCUT2D eigenvalue weighted by Gasteiger charge is 2.14. The largest absolute Gasteiger partial charge is 0.378 e. The van der Waals surface area contributed by atoms with Crippen molar-refractivity contribution in [3.63, 3.8) is 0 Å². The molecule has 0 aromatic heterocycles. The van der Waals surface area contributed by atoms with Crippen molar-refractivity contribution in [1.29, 1.82) is 0 Å². The molecule has 1 atom stereocenters. The molecule has 4 nitrogen and oxygen atoms in total. The zero-order valence-corrected chi connectivity index (χ0v) is 12.8. The molecule has 1 saturated heterocycles. The summed E-state index contributed by atoms with van der Waals surface area (Å²) in [6, 6.07) is 5.27. The number of guanidine groups is 1. The van der Waals surface area contributed by atoms with Crippen LogP contribution in [0.5, 0.6) is 0 Å². The third kappa shape index (κ3) is 5.01. The number of benzene rings is 1. The van der Waals surface area contributed by atoms with Crippen LogP contribution in [0.25, 0.3) is 0 Å². The molecule has 1 aromatic carbocycles. The summed E-state index contributed by atoms with van der Waals surface area (Å²) in [7, 11) is 1.73. The zero-order valence-electron chi connectivity index (χ0n) is 12.8. The lowest BCUT2D eigenvalue weighted by atomic mass is 10.1. The SMILES string of the molecule is CN=C(NCCC1CCCO1)NCc1ccc(C)c(F)c1. The summed E-state index contributed by atoms with van der Waals surface area (Å²) < 4.78 is 19.1. The molecule has 1 fully saturated rings. The maximum atomic E-state index is 13.5. The fourth-order valence-corrected chi connectivity index (χ4v) is 2.38. The maximum absolute atomic E-state index is 13.5. The number of aryl methyl sites for hydroxylation is 1. The first-order valence-electron chi connectivity index (χ1n) is 7.50. The van der Waals surface area contributed by atoms with Crippen LogP contribution in [0.2, 0.25) is 0 Å². The third-order valence-corrected chi connectivity index (χ3v) is 3.70. The number of halogens is 1. The van der Waals surface area contributed by atoms with Gasteiger partial charge in [-0.05, 0) is 43.4 Å². The predicted octanol–water partition coefficient (Wildman–Crippen LogP) is 2.37. The van der Waals surface area contributed by atoms with Crippen molar-refractivity contribution < 1.29 is 9.13 Å². The Labute approximate surface area is 125 Å². The molecule has 2 N–H and O–H groups in total. The van der Waals surface area contributed by atoms with E-state index < -0.39 is 0 Å². The van der Waals surface area contributed by atoms with Gasteiger partial charge in [-0.2, -0.15) is 0 Å². The van der Waals surface area contributed by atoms with Gasteiger partial charge in [-0.25, -0.2) is 4.39 Å². The van der Waals surface area contributed by atoms with E-state index >= 15 is 0 Å². The van der Waals surface area contributed by atoms with E-state index in [4.69, 9.17) is 4.74 Å². The Kier molecular flexibility index (Phi) is 5.99. The standard InChI is InChI=1S/C16H24FN3O/c1-12-5-6-13(10-15(12)17)11-20-16(18-2)19-8-7-14-4-3-9-21-14/h5-6,10,14H,3-4,7-9,11H2,1-2H3,(H2,18,19,20). The molecule has 1 aromatic rings. The van der Waals surface area contributed by atoms with Gasteiger partial charge in [0.2, 0.25) is 0 Å². The summed E-state index contributed by atoms with van der Waals surface area (Å²) in [5, 5.41) is 6.45. The van der Waals surface area contributed by atoms with Crippen molar-refractivity contribution in [1.82, 2.24) is 10.6 Å². The molecule has 0 aliphatic carbocycles. The monoisotopic (exact) mass is 293 g/mol. The average Bonchev–Trinajstić information content (AvgIpc) is 2.99. The van der Waals surface area contributed by atoms with Crippen LogP contribution in [0, 0.1) is 12.7 Å². The van der Waals surface area contributed by atoms with Gasteiger partial charge < -0.3 is 15.4 Å². The first-order valence-corrected chi connectivity index (χ1v) is 7.50. The molecule has 1 aliphatic heterocycles. The lowest BCUT2D eigenvalue weighted by Gasteiger charge is -2.14.